The number of furan rings is 1. The van der Waals surface area contributed by atoms with E-state index < -0.39 is 0 Å². The zero-order valence-corrected chi connectivity index (χ0v) is 11.7. The van der Waals surface area contributed by atoms with Crippen molar-refractivity contribution in [2.75, 3.05) is 6.54 Å². The molecule has 3 nitrogen and oxygen atoms in total. The van der Waals surface area contributed by atoms with E-state index in [2.05, 4.69) is 37.1 Å². The Balaban J connectivity index is 1.97. The molecule has 2 heterocycles. The van der Waals surface area contributed by atoms with Gasteiger partial charge < -0.3 is 9.73 Å². The Bertz CT molecular complexity index is 535. The largest absolute Gasteiger partial charge is 0.457 e. The van der Waals surface area contributed by atoms with Crippen molar-refractivity contribution in [3.05, 3.63) is 48.5 Å². The second-order valence-electron chi connectivity index (χ2n) is 5.48. The van der Waals surface area contributed by atoms with Gasteiger partial charge in [-0.2, -0.15) is 0 Å². The molecule has 0 amide bonds. The van der Waals surface area contributed by atoms with E-state index in [0.717, 1.165) is 23.6 Å². The number of hydrogen-bond donors (Lipinski definition) is 1. The van der Waals surface area contributed by atoms with Crippen molar-refractivity contribution in [1.29, 1.82) is 0 Å². The first-order chi connectivity index (χ1) is 9.04. The number of aromatic nitrogens is 1. The number of pyridine rings is 1. The highest BCUT2D eigenvalue weighted by Crippen LogP contribution is 2.21. The maximum Gasteiger partial charge on any atom is 0.136 e. The van der Waals surface area contributed by atoms with Crippen LogP contribution in [0.15, 0.2) is 47.2 Å². The fraction of sp³-hybridized carbons (Fsp3) is 0.312. The van der Waals surface area contributed by atoms with Gasteiger partial charge in [-0.25, -0.2) is 0 Å². The first-order valence-corrected chi connectivity index (χ1v) is 6.46. The molecular formula is C16H20N2O. The van der Waals surface area contributed by atoms with Gasteiger partial charge in [0.15, 0.2) is 0 Å². The fourth-order valence-corrected chi connectivity index (χ4v) is 1.65. The molecule has 0 unspecified atom stereocenters. The van der Waals surface area contributed by atoms with E-state index in [-0.39, 0.29) is 5.54 Å². The average molecular weight is 256 g/mol. The number of hydrogen-bond acceptors (Lipinski definition) is 3. The Morgan fingerprint density at radius 1 is 1.26 bits per heavy atom. The van der Waals surface area contributed by atoms with Crippen LogP contribution in [0.5, 0.6) is 0 Å². The van der Waals surface area contributed by atoms with Crippen molar-refractivity contribution in [2.24, 2.45) is 0 Å². The van der Waals surface area contributed by atoms with Crippen molar-refractivity contribution in [1.82, 2.24) is 10.3 Å². The normalized spacial score (nSPS) is 12.2. The average Bonchev–Trinajstić information content (AvgIpc) is 2.83. The maximum absolute atomic E-state index is 5.75. The molecule has 0 fully saturated rings. The molecule has 0 aliphatic rings. The summed E-state index contributed by atoms with van der Waals surface area (Å²) in [7, 11) is 0. The molecule has 0 spiro atoms. The van der Waals surface area contributed by atoms with Gasteiger partial charge in [-0.1, -0.05) is 6.08 Å². The molecule has 3 heteroatoms. The lowest BCUT2D eigenvalue weighted by Gasteiger charge is -2.18. The zero-order valence-electron chi connectivity index (χ0n) is 11.7. The highest BCUT2D eigenvalue weighted by atomic mass is 16.3. The zero-order chi connectivity index (χ0) is 13.7. The molecule has 19 heavy (non-hydrogen) atoms. The van der Waals surface area contributed by atoms with Gasteiger partial charge in [-0.3, -0.25) is 4.98 Å². The Morgan fingerprint density at radius 3 is 2.79 bits per heavy atom. The lowest BCUT2D eigenvalue weighted by Crippen LogP contribution is -2.35. The minimum Gasteiger partial charge on any atom is -0.457 e. The van der Waals surface area contributed by atoms with Crippen LogP contribution in [0.1, 0.15) is 26.5 Å². The molecule has 0 aliphatic heterocycles. The molecule has 0 radical (unpaired) electrons. The van der Waals surface area contributed by atoms with Crippen LogP contribution in [-0.4, -0.2) is 17.1 Å². The van der Waals surface area contributed by atoms with E-state index in [1.54, 1.807) is 12.4 Å². The molecule has 2 rings (SSSR count). The summed E-state index contributed by atoms with van der Waals surface area (Å²) < 4.78 is 5.75. The molecule has 0 bridgehead atoms. The molecule has 0 saturated carbocycles. The van der Waals surface area contributed by atoms with Crippen LogP contribution in [-0.2, 0) is 0 Å². The van der Waals surface area contributed by atoms with Gasteiger partial charge in [-0.05, 0) is 51.1 Å². The fourth-order valence-electron chi connectivity index (χ4n) is 1.65. The maximum atomic E-state index is 5.75. The standard InChI is InChI=1S/C16H20N2O/c1-16(2,3)18-11-5-7-14-8-9-15(19-14)13-6-4-10-17-12-13/h4-10,12,18H,11H2,1-3H3. The molecule has 100 valence electrons. The van der Waals surface area contributed by atoms with Gasteiger partial charge in [0.25, 0.3) is 0 Å². The van der Waals surface area contributed by atoms with Crippen molar-refractivity contribution < 1.29 is 4.42 Å². The van der Waals surface area contributed by atoms with Crippen LogP contribution >= 0.6 is 0 Å². The third kappa shape index (κ3) is 4.38. The van der Waals surface area contributed by atoms with E-state index >= 15 is 0 Å². The van der Waals surface area contributed by atoms with Crippen molar-refractivity contribution in [3.63, 3.8) is 0 Å². The monoisotopic (exact) mass is 256 g/mol. The summed E-state index contributed by atoms with van der Waals surface area (Å²) in [4.78, 5) is 4.08. The second-order valence-corrected chi connectivity index (χ2v) is 5.48. The number of nitrogens with zero attached hydrogens (tertiary/aromatic N) is 1. The van der Waals surface area contributed by atoms with Crippen LogP contribution in [0.2, 0.25) is 0 Å². The van der Waals surface area contributed by atoms with E-state index in [4.69, 9.17) is 4.42 Å². The summed E-state index contributed by atoms with van der Waals surface area (Å²) in [5.74, 6) is 1.70. The van der Waals surface area contributed by atoms with Crippen molar-refractivity contribution in [3.8, 4) is 11.3 Å². The molecule has 1 N–H and O–H groups in total. The number of nitrogens with one attached hydrogen (secondary N) is 1. The summed E-state index contributed by atoms with van der Waals surface area (Å²) in [6, 6.07) is 7.82. The van der Waals surface area contributed by atoms with E-state index in [0.29, 0.717) is 0 Å². The molecular weight excluding hydrogens is 236 g/mol. The Hall–Kier alpha value is -1.87. The smallest absolute Gasteiger partial charge is 0.136 e. The summed E-state index contributed by atoms with van der Waals surface area (Å²) >= 11 is 0. The first-order valence-electron chi connectivity index (χ1n) is 6.46. The SMILES string of the molecule is CC(C)(C)NCC=Cc1ccc(-c2cccnc2)o1. The van der Waals surface area contributed by atoms with Gasteiger partial charge in [0.1, 0.15) is 11.5 Å². The molecule has 2 aromatic heterocycles. The van der Waals surface area contributed by atoms with E-state index in [1.807, 2.05) is 30.3 Å². The summed E-state index contributed by atoms with van der Waals surface area (Å²) in [5, 5.41) is 3.39. The third-order valence-corrected chi connectivity index (χ3v) is 2.61. The predicted octanol–water partition coefficient (Wildman–Crippen LogP) is 3.74. The van der Waals surface area contributed by atoms with Crippen molar-refractivity contribution >= 4 is 6.08 Å². The van der Waals surface area contributed by atoms with Crippen molar-refractivity contribution in [2.45, 2.75) is 26.3 Å². The lowest BCUT2D eigenvalue weighted by atomic mass is 10.1. The minimum atomic E-state index is 0.133. The Labute approximate surface area is 114 Å². The Morgan fingerprint density at radius 2 is 2.11 bits per heavy atom. The van der Waals surface area contributed by atoms with Crippen LogP contribution in [0.4, 0.5) is 0 Å². The predicted molar refractivity (Wildman–Crippen MR) is 78.7 cm³/mol. The third-order valence-electron chi connectivity index (χ3n) is 2.61. The quantitative estimate of drug-likeness (QED) is 0.905. The van der Waals surface area contributed by atoms with E-state index in [9.17, 15) is 0 Å². The van der Waals surface area contributed by atoms with E-state index in [1.165, 1.54) is 0 Å². The Kier molecular flexibility index (Phi) is 4.17. The molecule has 0 atom stereocenters. The second kappa shape index (κ2) is 5.85. The summed E-state index contributed by atoms with van der Waals surface area (Å²) in [6.07, 6.45) is 7.61. The molecule has 2 aromatic rings. The van der Waals surface area contributed by atoms with Gasteiger partial charge >= 0.3 is 0 Å². The van der Waals surface area contributed by atoms with Crippen LogP contribution in [0, 0.1) is 0 Å². The first kappa shape index (κ1) is 13.6. The molecule has 0 aliphatic carbocycles. The molecule has 0 aromatic carbocycles. The summed E-state index contributed by atoms with van der Waals surface area (Å²) in [5.41, 5.74) is 1.13. The summed E-state index contributed by atoms with van der Waals surface area (Å²) in [6.45, 7) is 7.27. The number of rotatable bonds is 4. The van der Waals surface area contributed by atoms with Gasteiger partial charge in [0, 0.05) is 30.0 Å². The van der Waals surface area contributed by atoms with Gasteiger partial charge in [0.05, 0.1) is 0 Å². The van der Waals surface area contributed by atoms with Crippen LogP contribution < -0.4 is 5.32 Å². The molecule has 0 saturated heterocycles. The lowest BCUT2D eigenvalue weighted by molar-refractivity contribution is 0.449. The highest BCUT2D eigenvalue weighted by Gasteiger charge is 2.06. The van der Waals surface area contributed by atoms with Crippen LogP contribution in [0.3, 0.4) is 0 Å². The highest BCUT2D eigenvalue weighted by molar-refractivity contribution is 5.58. The van der Waals surface area contributed by atoms with Crippen LogP contribution in [0.25, 0.3) is 17.4 Å². The topological polar surface area (TPSA) is 38.1 Å². The van der Waals surface area contributed by atoms with Gasteiger partial charge in [-0.15, -0.1) is 0 Å². The minimum absolute atomic E-state index is 0.133. The van der Waals surface area contributed by atoms with Gasteiger partial charge in [0.2, 0.25) is 0 Å².